The topological polar surface area (TPSA) is 80.5 Å². The van der Waals surface area contributed by atoms with Gasteiger partial charge >= 0.3 is 0 Å². The molecule has 2 aromatic carbocycles. The van der Waals surface area contributed by atoms with Crippen LogP contribution in [0.3, 0.4) is 0 Å². The van der Waals surface area contributed by atoms with Crippen LogP contribution in [-0.4, -0.2) is 34.3 Å². The summed E-state index contributed by atoms with van der Waals surface area (Å²) in [5, 5.41) is 4.74. The minimum atomic E-state index is -3.41. The number of benzene rings is 2. The lowest BCUT2D eigenvalue weighted by Crippen LogP contribution is -2.18. The normalized spacial score (nSPS) is 13.4. The number of hydrogen-bond acceptors (Lipinski definition) is 6. The third-order valence-electron chi connectivity index (χ3n) is 6.12. The third-order valence-corrected chi connectivity index (χ3v) is 7.20. The van der Waals surface area contributed by atoms with E-state index in [1.807, 2.05) is 35.0 Å². The molecule has 0 spiro atoms. The Morgan fingerprint density at radius 3 is 2.26 bits per heavy atom. The Hall–Kier alpha value is -4.04. The minimum absolute atomic E-state index is 0.140. The van der Waals surface area contributed by atoms with E-state index in [4.69, 9.17) is 10.1 Å². The van der Waals surface area contributed by atoms with E-state index in [-0.39, 0.29) is 4.90 Å². The van der Waals surface area contributed by atoms with Crippen LogP contribution in [0.25, 0.3) is 28.0 Å². The van der Waals surface area contributed by atoms with Gasteiger partial charge in [0.15, 0.2) is 21.5 Å². The molecule has 0 atom stereocenters. The smallest absolute Gasteiger partial charge is 0.183 e. The number of pyridine rings is 1. The Labute approximate surface area is 197 Å². The molecule has 0 aliphatic carbocycles. The molecule has 0 radical (unpaired) electrons. The van der Waals surface area contributed by atoms with Crippen LogP contribution in [0.5, 0.6) is 0 Å². The summed E-state index contributed by atoms with van der Waals surface area (Å²) in [6.45, 7) is 1.48. The Morgan fingerprint density at radius 1 is 0.853 bits per heavy atom. The number of nitrogens with zero attached hydrogens (tertiary/aromatic N) is 5. The summed E-state index contributed by atoms with van der Waals surface area (Å²) in [5.74, 6) is 1.22. The first-order chi connectivity index (χ1) is 16.5. The van der Waals surface area contributed by atoms with Gasteiger partial charge in [0.05, 0.1) is 4.90 Å². The summed E-state index contributed by atoms with van der Waals surface area (Å²) in [6.07, 6.45) is 6.03. The quantitative estimate of drug-likeness (QED) is 0.390. The van der Waals surface area contributed by atoms with E-state index in [0.29, 0.717) is 11.4 Å². The molecule has 0 N–H and O–H groups in total. The second-order valence-corrected chi connectivity index (χ2v) is 10.5. The van der Waals surface area contributed by atoms with Crippen molar-refractivity contribution in [1.29, 1.82) is 0 Å². The van der Waals surface area contributed by atoms with Crippen LogP contribution in [0.4, 0.5) is 5.82 Å². The maximum Gasteiger partial charge on any atom is 0.183 e. The van der Waals surface area contributed by atoms with Crippen molar-refractivity contribution in [3.8, 4) is 22.5 Å². The lowest BCUT2D eigenvalue weighted by molar-refractivity contribution is 0.601. The fourth-order valence-electron chi connectivity index (χ4n) is 4.43. The van der Waals surface area contributed by atoms with Gasteiger partial charge in [0.2, 0.25) is 0 Å². The molecule has 1 aliphatic heterocycles. The molecule has 5 aromatic rings. The number of aromatic nitrogens is 4. The van der Waals surface area contributed by atoms with Crippen LogP contribution in [0.15, 0.2) is 90.2 Å². The second kappa shape index (κ2) is 7.78. The molecule has 8 heteroatoms. The molecule has 0 saturated carbocycles. The number of sulfone groups is 1. The van der Waals surface area contributed by atoms with Crippen molar-refractivity contribution in [3.63, 3.8) is 0 Å². The molecule has 0 amide bonds. The second-order valence-electron chi connectivity index (χ2n) is 8.45. The molecular weight excluding hydrogens is 446 g/mol. The molecule has 3 aromatic heterocycles. The predicted octanol–water partition coefficient (Wildman–Crippen LogP) is 4.38. The molecule has 0 unspecified atom stereocenters. The van der Waals surface area contributed by atoms with Crippen molar-refractivity contribution in [2.24, 2.45) is 0 Å². The minimum Gasteiger partial charge on any atom is -0.346 e. The van der Waals surface area contributed by atoms with Crippen LogP contribution in [0, 0.1) is 0 Å². The van der Waals surface area contributed by atoms with E-state index in [9.17, 15) is 8.42 Å². The van der Waals surface area contributed by atoms with Gasteiger partial charge in [-0.2, -0.15) is 0 Å². The monoisotopic (exact) mass is 467 g/mol. The maximum atomic E-state index is 12.1. The first kappa shape index (κ1) is 20.6. The van der Waals surface area contributed by atoms with Crippen molar-refractivity contribution >= 4 is 21.2 Å². The largest absolute Gasteiger partial charge is 0.346 e. The first-order valence-corrected chi connectivity index (χ1v) is 12.8. The van der Waals surface area contributed by atoms with E-state index < -0.39 is 9.84 Å². The molecule has 4 heterocycles. The fraction of sp³-hybridized carbons (Fsp3) is 0.115. The molecule has 0 fully saturated rings. The van der Waals surface area contributed by atoms with Gasteiger partial charge < -0.3 is 4.90 Å². The lowest BCUT2D eigenvalue weighted by Gasteiger charge is -2.19. The Kier molecular flexibility index (Phi) is 4.70. The van der Waals surface area contributed by atoms with E-state index in [0.717, 1.165) is 35.6 Å². The number of fused-ring (bicyclic) bond motifs is 2. The SMILES string of the molecule is CS(=O)(=O)c1cncc(-c2nc(N3Cc4ccccc4C3)c3c(-c4ccccc4)ccn3n2)c1. The first-order valence-electron chi connectivity index (χ1n) is 10.9. The maximum absolute atomic E-state index is 12.1. The summed E-state index contributed by atoms with van der Waals surface area (Å²) in [5.41, 5.74) is 6.14. The number of hydrogen-bond donors (Lipinski definition) is 0. The van der Waals surface area contributed by atoms with Crippen LogP contribution >= 0.6 is 0 Å². The van der Waals surface area contributed by atoms with Crippen molar-refractivity contribution in [3.05, 3.63) is 96.4 Å². The van der Waals surface area contributed by atoms with Crippen LogP contribution < -0.4 is 4.90 Å². The average molecular weight is 468 g/mol. The van der Waals surface area contributed by atoms with Gasteiger partial charge in [0.1, 0.15) is 5.52 Å². The summed E-state index contributed by atoms with van der Waals surface area (Å²) < 4.78 is 26.0. The van der Waals surface area contributed by atoms with Gasteiger partial charge in [-0.05, 0) is 28.8 Å². The van der Waals surface area contributed by atoms with Gasteiger partial charge in [0, 0.05) is 49.1 Å². The zero-order valence-corrected chi connectivity index (χ0v) is 19.3. The Bertz CT molecular complexity index is 1620. The highest BCUT2D eigenvalue weighted by molar-refractivity contribution is 7.90. The average Bonchev–Trinajstić information content (AvgIpc) is 3.48. The van der Waals surface area contributed by atoms with Gasteiger partial charge in [-0.15, -0.1) is 5.10 Å². The predicted molar refractivity (Wildman–Crippen MR) is 131 cm³/mol. The number of rotatable bonds is 4. The van der Waals surface area contributed by atoms with Crippen LogP contribution in [0.1, 0.15) is 11.1 Å². The van der Waals surface area contributed by atoms with Crippen molar-refractivity contribution in [2.45, 2.75) is 18.0 Å². The third kappa shape index (κ3) is 3.52. The standard InChI is InChI=1S/C26H21N5O2S/c1-34(32,33)22-13-21(14-27-15-22)25-28-26(30-16-19-9-5-6-10-20(19)17-30)24-23(11-12-31(24)29-25)18-7-3-2-4-8-18/h2-15H,16-17H2,1H3. The van der Waals surface area contributed by atoms with E-state index in [1.54, 1.807) is 12.3 Å². The zero-order valence-electron chi connectivity index (χ0n) is 18.5. The zero-order chi connectivity index (χ0) is 23.3. The molecular formula is C26H21N5O2S. The Balaban J connectivity index is 1.56. The van der Waals surface area contributed by atoms with Gasteiger partial charge in [-0.3, -0.25) is 4.98 Å². The van der Waals surface area contributed by atoms with Crippen LogP contribution in [-0.2, 0) is 22.9 Å². The Morgan fingerprint density at radius 2 is 1.56 bits per heavy atom. The van der Waals surface area contributed by atoms with E-state index >= 15 is 0 Å². The summed E-state index contributed by atoms with van der Waals surface area (Å²) in [4.78, 5) is 11.5. The molecule has 0 saturated heterocycles. The van der Waals surface area contributed by atoms with E-state index in [2.05, 4.69) is 46.3 Å². The summed E-state index contributed by atoms with van der Waals surface area (Å²) in [6, 6.07) is 22.2. The molecule has 0 bridgehead atoms. The molecule has 7 nitrogen and oxygen atoms in total. The summed E-state index contributed by atoms with van der Waals surface area (Å²) >= 11 is 0. The highest BCUT2D eigenvalue weighted by atomic mass is 32.2. The molecule has 1 aliphatic rings. The highest BCUT2D eigenvalue weighted by Gasteiger charge is 2.25. The van der Waals surface area contributed by atoms with E-state index in [1.165, 1.54) is 23.6 Å². The fourth-order valence-corrected chi connectivity index (χ4v) is 5.02. The van der Waals surface area contributed by atoms with Crippen molar-refractivity contribution in [2.75, 3.05) is 11.2 Å². The van der Waals surface area contributed by atoms with Crippen molar-refractivity contribution < 1.29 is 8.42 Å². The lowest BCUT2D eigenvalue weighted by atomic mass is 10.1. The van der Waals surface area contributed by atoms with Crippen LogP contribution in [0.2, 0.25) is 0 Å². The van der Waals surface area contributed by atoms with Crippen molar-refractivity contribution in [1.82, 2.24) is 19.6 Å². The summed E-state index contributed by atoms with van der Waals surface area (Å²) in [7, 11) is -3.41. The van der Waals surface area contributed by atoms with Gasteiger partial charge in [-0.1, -0.05) is 54.6 Å². The number of anilines is 1. The molecule has 34 heavy (non-hydrogen) atoms. The van der Waals surface area contributed by atoms with Gasteiger partial charge in [-0.25, -0.2) is 17.9 Å². The molecule has 168 valence electrons. The highest BCUT2D eigenvalue weighted by Crippen LogP contribution is 2.36. The molecule has 6 rings (SSSR count). The van der Waals surface area contributed by atoms with Gasteiger partial charge in [0.25, 0.3) is 0 Å².